The smallest absolute Gasteiger partial charge is 0.239 e. The van der Waals surface area contributed by atoms with Crippen molar-refractivity contribution in [1.29, 1.82) is 0 Å². The molecule has 0 N–H and O–H groups in total. The Bertz CT molecular complexity index is 1160. The van der Waals surface area contributed by atoms with Gasteiger partial charge in [0.1, 0.15) is 0 Å². The molecule has 2 aromatic carbocycles. The lowest BCUT2D eigenvalue weighted by atomic mass is 9.83. The van der Waals surface area contributed by atoms with Gasteiger partial charge in [0, 0.05) is 39.6 Å². The lowest BCUT2D eigenvalue weighted by Gasteiger charge is -2.37. The van der Waals surface area contributed by atoms with E-state index in [1.165, 1.54) is 22.4 Å². The second kappa shape index (κ2) is 8.75. The van der Waals surface area contributed by atoms with Crippen LogP contribution >= 0.6 is 11.8 Å². The molecule has 5 nitrogen and oxygen atoms in total. The Morgan fingerprint density at radius 2 is 1.58 bits per heavy atom. The summed E-state index contributed by atoms with van der Waals surface area (Å²) in [4.78, 5) is 24.1. The first kappa shape index (κ1) is 21.8. The fourth-order valence-corrected chi connectivity index (χ4v) is 5.70. The summed E-state index contributed by atoms with van der Waals surface area (Å²) in [7, 11) is 8.21. The number of fused-ring (bicyclic) bond motifs is 1. The molecule has 33 heavy (non-hydrogen) atoms. The van der Waals surface area contributed by atoms with Crippen molar-refractivity contribution in [3.8, 4) is 0 Å². The van der Waals surface area contributed by atoms with E-state index in [2.05, 4.69) is 78.5 Å². The van der Waals surface area contributed by atoms with Crippen LogP contribution in [-0.4, -0.2) is 49.9 Å². The van der Waals surface area contributed by atoms with Crippen LogP contribution in [0.2, 0.25) is 0 Å². The van der Waals surface area contributed by atoms with Gasteiger partial charge < -0.3 is 9.80 Å². The molecule has 2 aliphatic heterocycles. The first-order valence-corrected chi connectivity index (χ1v) is 12.4. The molecule has 0 aromatic heterocycles. The standard InChI is InChI=1S/C27H30N4OS/c1-29(2)21-12-8-18(9-13-21)16-20-6-5-7-23-25(20)28-27-31(24(32)17-33-27)26(23)19-10-14-22(15-11-19)30(3)4/h8-16,26H,5-7,17H2,1-4H3/b20-16-. The van der Waals surface area contributed by atoms with Crippen LogP contribution in [-0.2, 0) is 4.79 Å². The molecule has 0 bridgehead atoms. The minimum atomic E-state index is -0.0639. The van der Waals surface area contributed by atoms with E-state index >= 15 is 0 Å². The van der Waals surface area contributed by atoms with Gasteiger partial charge in [-0.25, -0.2) is 4.99 Å². The van der Waals surface area contributed by atoms with E-state index in [-0.39, 0.29) is 11.9 Å². The van der Waals surface area contributed by atoms with Crippen molar-refractivity contribution in [2.45, 2.75) is 25.3 Å². The molecular formula is C27H30N4OS. The quantitative estimate of drug-likeness (QED) is 0.621. The third-order valence-corrected chi connectivity index (χ3v) is 7.51. The van der Waals surface area contributed by atoms with Crippen LogP contribution in [0.4, 0.5) is 11.4 Å². The molecule has 1 atom stereocenters. The number of aliphatic imine (C=N–C) groups is 1. The number of carbonyl (C=O) groups excluding carboxylic acids is 1. The zero-order valence-electron chi connectivity index (χ0n) is 19.7. The molecule has 170 valence electrons. The Morgan fingerprint density at radius 3 is 2.21 bits per heavy atom. The van der Waals surface area contributed by atoms with E-state index in [0.717, 1.165) is 41.4 Å². The van der Waals surface area contributed by atoms with Gasteiger partial charge in [-0.05, 0) is 71.9 Å². The van der Waals surface area contributed by atoms with Crippen molar-refractivity contribution >= 4 is 40.3 Å². The summed E-state index contributed by atoms with van der Waals surface area (Å²) in [5.41, 5.74) is 8.34. The van der Waals surface area contributed by atoms with E-state index in [4.69, 9.17) is 4.99 Å². The molecule has 3 aliphatic rings. The predicted octanol–water partition coefficient (Wildman–Crippen LogP) is 5.33. The lowest BCUT2D eigenvalue weighted by molar-refractivity contribution is -0.125. The molecule has 6 heteroatoms. The molecule has 1 fully saturated rings. The lowest BCUT2D eigenvalue weighted by Crippen LogP contribution is -2.38. The van der Waals surface area contributed by atoms with Gasteiger partial charge in [0.05, 0.1) is 17.5 Å². The van der Waals surface area contributed by atoms with Crippen molar-refractivity contribution in [3.05, 3.63) is 76.5 Å². The number of thioether (sulfide) groups is 1. The highest BCUT2D eigenvalue weighted by molar-refractivity contribution is 8.15. The third-order valence-electron chi connectivity index (χ3n) is 6.57. The number of hydrogen-bond acceptors (Lipinski definition) is 5. The van der Waals surface area contributed by atoms with Crippen molar-refractivity contribution < 1.29 is 4.79 Å². The SMILES string of the molecule is CN(C)c1ccc(/C=C2/CCCC3=C2N=C2SCC(=O)N2C3c2ccc(N(C)C)cc2)cc1. The maximum atomic E-state index is 12.9. The summed E-state index contributed by atoms with van der Waals surface area (Å²) in [6.07, 6.45) is 5.33. The Labute approximate surface area is 200 Å². The molecular weight excluding hydrogens is 428 g/mol. The van der Waals surface area contributed by atoms with Gasteiger partial charge in [0.2, 0.25) is 5.91 Å². The molecule has 1 aliphatic carbocycles. The Morgan fingerprint density at radius 1 is 0.939 bits per heavy atom. The number of anilines is 2. The molecule has 2 heterocycles. The maximum Gasteiger partial charge on any atom is 0.239 e. The maximum absolute atomic E-state index is 12.9. The number of hydrogen-bond donors (Lipinski definition) is 0. The molecule has 0 spiro atoms. The van der Waals surface area contributed by atoms with Gasteiger partial charge in [-0.1, -0.05) is 36.0 Å². The van der Waals surface area contributed by atoms with E-state index in [9.17, 15) is 4.79 Å². The van der Waals surface area contributed by atoms with E-state index in [1.807, 2.05) is 19.0 Å². The monoisotopic (exact) mass is 458 g/mol. The highest BCUT2D eigenvalue weighted by Gasteiger charge is 2.42. The Balaban J connectivity index is 1.57. The normalized spacial score (nSPS) is 21.2. The number of carbonyl (C=O) groups is 1. The van der Waals surface area contributed by atoms with E-state index in [0.29, 0.717) is 5.75 Å². The van der Waals surface area contributed by atoms with E-state index in [1.54, 1.807) is 11.8 Å². The van der Waals surface area contributed by atoms with E-state index < -0.39 is 0 Å². The average molecular weight is 459 g/mol. The van der Waals surface area contributed by atoms with Gasteiger partial charge in [0.25, 0.3) is 0 Å². The van der Waals surface area contributed by atoms with Crippen LogP contribution in [0.15, 0.2) is 70.4 Å². The first-order chi connectivity index (χ1) is 15.9. The number of allylic oxidation sites excluding steroid dienone is 1. The number of amidine groups is 1. The highest BCUT2D eigenvalue weighted by Crippen LogP contribution is 2.47. The molecule has 2 aromatic rings. The summed E-state index contributed by atoms with van der Waals surface area (Å²) in [6.45, 7) is 0. The average Bonchev–Trinajstić information content (AvgIpc) is 3.18. The van der Waals surface area contributed by atoms with Crippen molar-refractivity contribution in [3.63, 3.8) is 0 Å². The summed E-state index contributed by atoms with van der Waals surface area (Å²) in [6, 6.07) is 17.2. The van der Waals surface area contributed by atoms with Crippen LogP contribution in [0, 0.1) is 0 Å². The zero-order valence-corrected chi connectivity index (χ0v) is 20.5. The van der Waals surface area contributed by atoms with Crippen LogP contribution in [0.1, 0.15) is 36.4 Å². The van der Waals surface area contributed by atoms with Gasteiger partial charge >= 0.3 is 0 Å². The molecule has 0 radical (unpaired) electrons. The van der Waals surface area contributed by atoms with Gasteiger partial charge in [0.15, 0.2) is 5.17 Å². The number of amides is 1. The van der Waals surface area contributed by atoms with Gasteiger partial charge in [-0.2, -0.15) is 0 Å². The van der Waals surface area contributed by atoms with Crippen molar-refractivity contribution in [1.82, 2.24) is 4.90 Å². The molecule has 1 unspecified atom stereocenters. The summed E-state index contributed by atoms with van der Waals surface area (Å²) in [5.74, 6) is 0.624. The third kappa shape index (κ3) is 4.08. The number of benzene rings is 2. The summed E-state index contributed by atoms with van der Waals surface area (Å²) in [5, 5.41) is 0.844. The van der Waals surface area contributed by atoms with Gasteiger partial charge in [-0.3, -0.25) is 9.69 Å². The Kier molecular flexibility index (Phi) is 5.79. The fraction of sp³-hybridized carbons (Fsp3) is 0.333. The van der Waals surface area contributed by atoms with Gasteiger partial charge in [-0.15, -0.1) is 0 Å². The van der Waals surface area contributed by atoms with Crippen LogP contribution in [0.3, 0.4) is 0 Å². The Hall–Kier alpha value is -2.99. The van der Waals surface area contributed by atoms with Crippen LogP contribution in [0.5, 0.6) is 0 Å². The molecule has 5 rings (SSSR count). The topological polar surface area (TPSA) is 39.2 Å². The molecule has 1 amide bonds. The minimum absolute atomic E-state index is 0.0639. The molecule has 0 saturated carbocycles. The first-order valence-electron chi connectivity index (χ1n) is 11.4. The largest absolute Gasteiger partial charge is 0.378 e. The zero-order chi connectivity index (χ0) is 23.1. The molecule has 1 saturated heterocycles. The van der Waals surface area contributed by atoms with Crippen LogP contribution < -0.4 is 9.80 Å². The minimum Gasteiger partial charge on any atom is -0.378 e. The second-order valence-corrected chi connectivity index (χ2v) is 10.2. The van der Waals surface area contributed by atoms with Crippen molar-refractivity contribution in [2.24, 2.45) is 4.99 Å². The summed E-state index contributed by atoms with van der Waals surface area (Å²) < 4.78 is 0. The van der Waals surface area contributed by atoms with Crippen LogP contribution in [0.25, 0.3) is 6.08 Å². The predicted molar refractivity (Wildman–Crippen MR) is 140 cm³/mol. The second-order valence-electron chi connectivity index (χ2n) is 9.22. The summed E-state index contributed by atoms with van der Waals surface area (Å²) >= 11 is 1.56. The van der Waals surface area contributed by atoms with Crippen molar-refractivity contribution in [2.75, 3.05) is 43.7 Å². The number of rotatable bonds is 4. The number of nitrogens with zero attached hydrogens (tertiary/aromatic N) is 4. The fourth-order valence-electron chi connectivity index (χ4n) is 4.80. The highest BCUT2D eigenvalue weighted by atomic mass is 32.2.